The molecule has 0 spiro atoms. The van der Waals surface area contributed by atoms with Crippen LogP contribution in [0.1, 0.15) is 32.3 Å². The van der Waals surface area contributed by atoms with Gasteiger partial charge < -0.3 is 4.98 Å². The number of benzene rings is 1. The van der Waals surface area contributed by atoms with Crippen LogP contribution < -0.4 is 0 Å². The highest BCUT2D eigenvalue weighted by molar-refractivity contribution is 8.00. The van der Waals surface area contributed by atoms with Crippen LogP contribution in [0.25, 0.3) is 10.9 Å². The minimum Gasteiger partial charge on any atom is -0.361 e. The van der Waals surface area contributed by atoms with Crippen LogP contribution in [-0.4, -0.2) is 34.0 Å². The Balaban J connectivity index is 1.85. The molecular formula is C17H21F3N2S. The number of H-pyrrole nitrogens is 1. The summed E-state index contributed by atoms with van der Waals surface area (Å²) in [6, 6.07) is 5.91. The number of aromatic nitrogens is 1. The van der Waals surface area contributed by atoms with Gasteiger partial charge >= 0.3 is 5.51 Å². The molecule has 6 heteroatoms. The van der Waals surface area contributed by atoms with Crippen LogP contribution in [0.4, 0.5) is 13.2 Å². The van der Waals surface area contributed by atoms with Crippen molar-refractivity contribution in [2.24, 2.45) is 0 Å². The summed E-state index contributed by atoms with van der Waals surface area (Å²) >= 11 is -0.0484. The van der Waals surface area contributed by atoms with Gasteiger partial charge in [-0.2, -0.15) is 13.2 Å². The Morgan fingerprint density at radius 3 is 2.83 bits per heavy atom. The fourth-order valence-electron chi connectivity index (χ4n) is 3.53. The molecule has 1 atom stereocenters. The summed E-state index contributed by atoms with van der Waals surface area (Å²) in [6.07, 6.45) is 5.18. The Morgan fingerprint density at radius 1 is 1.35 bits per heavy atom. The Kier molecular flexibility index (Phi) is 4.65. The van der Waals surface area contributed by atoms with Gasteiger partial charge in [0.15, 0.2) is 0 Å². The molecule has 0 aliphatic carbocycles. The first-order valence-corrected chi connectivity index (χ1v) is 8.76. The van der Waals surface area contributed by atoms with Gasteiger partial charge in [-0.15, -0.1) is 0 Å². The molecular weight excluding hydrogens is 321 g/mol. The second-order valence-electron chi connectivity index (χ2n) is 6.40. The van der Waals surface area contributed by atoms with Crippen LogP contribution in [0.3, 0.4) is 0 Å². The fraction of sp³-hybridized carbons (Fsp3) is 0.529. The van der Waals surface area contributed by atoms with Gasteiger partial charge in [-0.25, -0.2) is 0 Å². The molecule has 1 saturated heterocycles. The maximum atomic E-state index is 12.6. The minimum atomic E-state index is -4.25. The minimum absolute atomic E-state index is 0.0484. The van der Waals surface area contributed by atoms with Crippen molar-refractivity contribution in [2.45, 2.75) is 55.6 Å². The standard InChI is InChI=1S/C17H21F3N2S/c1-11(2)22-7-3-4-13(22)8-12-10-21-16-6-5-14(9-15(12)16)23-17(18,19)20/h5-6,9-11,13,21H,3-4,7-8H2,1-2H3. The first kappa shape index (κ1) is 16.7. The summed E-state index contributed by atoms with van der Waals surface area (Å²) in [4.78, 5) is 5.93. The van der Waals surface area contributed by atoms with E-state index in [4.69, 9.17) is 0 Å². The van der Waals surface area contributed by atoms with E-state index >= 15 is 0 Å². The zero-order valence-electron chi connectivity index (χ0n) is 13.3. The van der Waals surface area contributed by atoms with Gasteiger partial charge in [0.2, 0.25) is 0 Å². The number of aromatic amines is 1. The fourth-order valence-corrected chi connectivity index (χ4v) is 4.11. The third-order valence-corrected chi connectivity index (χ3v) is 5.24. The molecule has 0 saturated carbocycles. The Labute approximate surface area is 138 Å². The van der Waals surface area contributed by atoms with Crippen molar-refractivity contribution >= 4 is 22.7 Å². The van der Waals surface area contributed by atoms with Gasteiger partial charge in [0, 0.05) is 34.1 Å². The summed E-state index contributed by atoms with van der Waals surface area (Å²) in [7, 11) is 0. The van der Waals surface area contributed by atoms with E-state index in [2.05, 4.69) is 23.7 Å². The van der Waals surface area contributed by atoms with E-state index < -0.39 is 5.51 Å². The summed E-state index contributed by atoms with van der Waals surface area (Å²) < 4.78 is 37.8. The highest BCUT2D eigenvalue weighted by atomic mass is 32.2. The van der Waals surface area contributed by atoms with Gasteiger partial charge in [0.1, 0.15) is 0 Å². The topological polar surface area (TPSA) is 19.0 Å². The lowest BCUT2D eigenvalue weighted by Gasteiger charge is -2.28. The van der Waals surface area contributed by atoms with Crippen molar-refractivity contribution in [1.29, 1.82) is 0 Å². The van der Waals surface area contributed by atoms with Crippen LogP contribution in [0, 0.1) is 0 Å². The van der Waals surface area contributed by atoms with Crippen molar-refractivity contribution in [3.05, 3.63) is 30.0 Å². The van der Waals surface area contributed by atoms with Gasteiger partial charge in [-0.05, 0) is 75.2 Å². The quantitative estimate of drug-likeness (QED) is 0.771. The number of rotatable bonds is 4. The summed E-state index contributed by atoms with van der Waals surface area (Å²) in [6.45, 7) is 5.51. The lowest BCUT2D eigenvalue weighted by Crippen LogP contribution is -2.36. The lowest BCUT2D eigenvalue weighted by atomic mass is 10.0. The number of alkyl halides is 3. The third-order valence-electron chi connectivity index (χ3n) is 4.51. The summed E-state index contributed by atoms with van der Waals surface area (Å²) in [5.41, 5.74) is -2.23. The van der Waals surface area contributed by atoms with Gasteiger partial charge in [-0.1, -0.05) is 0 Å². The number of nitrogens with one attached hydrogen (secondary N) is 1. The van der Waals surface area contributed by atoms with E-state index in [-0.39, 0.29) is 16.7 Å². The second-order valence-corrected chi connectivity index (χ2v) is 7.54. The molecule has 3 rings (SSSR count). The van der Waals surface area contributed by atoms with E-state index in [1.807, 2.05) is 6.20 Å². The highest BCUT2D eigenvalue weighted by Gasteiger charge is 2.30. The Morgan fingerprint density at radius 2 is 2.13 bits per heavy atom. The van der Waals surface area contributed by atoms with Crippen LogP contribution in [0.5, 0.6) is 0 Å². The van der Waals surface area contributed by atoms with Crippen LogP contribution in [0.15, 0.2) is 29.3 Å². The molecule has 2 nitrogen and oxygen atoms in total. The smallest absolute Gasteiger partial charge is 0.361 e. The predicted molar refractivity (Wildman–Crippen MR) is 88.8 cm³/mol. The first-order chi connectivity index (χ1) is 10.8. The number of fused-ring (bicyclic) bond motifs is 1. The number of nitrogens with zero attached hydrogens (tertiary/aromatic N) is 1. The van der Waals surface area contributed by atoms with Gasteiger partial charge in [0.25, 0.3) is 0 Å². The molecule has 1 aromatic heterocycles. The number of halogens is 3. The second kappa shape index (κ2) is 6.40. The van der Waals surface area contributed by atoms with Crippen molar-refractivity contribution in [2.75, 3.05) is 6.54 Å². The van der Waals surface area contributed by atoms with E-state index in [0.717, 1.165) is 35.9 Å². The van der Waals surface area contributed by atoms with Crippen LogP contribution in [-0.2, 0) is 6.42 Å². The molecule has 2 heterocycles. The predicted octanol–water partition coefficient (Wildman–Crippen LogP) is 5.20. The van der Waals surface area contributed by atoms with Crippen LogP contribution >= 0.6 is 11.8 Å². The Bertz CT molecular complexity index is 678. The Hall–Kier alpha value is -1.14. The maximum absolute atomic E-state index is 12.6. The number of hydrogen-bond acceptors (Lipinski definition) is 2. The molecule has 0 bridgehead atoms. The SMILES string of the molecule is CC(C)N1CCCC1Cc1c[nH]c2ccc(SC(F)(F)F)cc12. The average Bonchev–Trinajstić information content (AvgIpc) is 3.05. The van der Waals surface area contributed by atoms with Crippen molar-refractivity contribution < 1.29 is 13.2 Å². The number of hydrogen-bond donors (Lipinski definition) is 1. The van der Waals surface area contributed by atoms with E-state index in [0.29, 0.717) is 12.1 Å². The molecule has 1 aliphatic rings. The lowest BCUT2D eigenvalue weighted by molar-refractivity contribution is -0.0328. The zero-order chi connectivity index (χ0) is 16.6. The molecule has 1 N–H and O–H groups in total. The summed E-state index contributed by atoms with van der Waals surface area (Å²) in [5.74, 6) is 0. The van der Waals surface area contributed by atoms with E-state index in [1.165, 1.54) is 12.5 Å². The monoisotopic (exact) mass is 342 g/mol. The highest BCUT2D eigenvalue weighted by Crippen LogP contribution is 2.38. The number of thioether (sulfide) groups is 1. The maximum Gasteiger partial charge on any atom is 0.446 e. The molecule has 1 unspecified atom stereocenters. The molecule has 0 radical (unpaired) electrons. The zero-order valence-corrected chi connectivity index (χ0v) is 14.1. The number of likely N-dealkylation sites (tertiary alicyclic amines) is 1. The van der Waals surface area contributed by atoms with Crippen molar-refractivity contribution in [3.8, 4) is 0 Å². The molecule has 2 aromatic rings. The van der Waals surface area contributed by atoms with Crippen molar-refractivity contribution in [3.63, 3.8) is 0 Å². The molecule has 23 heavy (non-hydrogen) atoms. The van der Waals surface area contributed by atoms with E-state index in [1.54, 1.807) is 12.1 Å². The van der Waals surface area contributed by atoms with Crippen LogP contribution in [0.2, 0.25) is 0 Å². The first-order valence-electron chi connectivity index (χ1n) is 7.95. The molecule has 1 aromatic carbocycles. The largest absolute Gasteiger partial charge is 0.446 e. The molecule has 1 fully saturated rings. The molecule has 126 valence electrons. The molecule has 1 aliphatic heterocycles. The van der Waals surface area contributed by atoms with Gasteiger partial charge in [-0.3, -0.25) is 4.90 Å². The van der Waals surface area contributed by atoms with Gasteiger partial charge in [0.05, 0.1) is 0 Å². The average molecular weight is 342 g/mol. The normalized spacial score (nSPS) is 20.0. The van der Waals surface area contributed by atoms with Crippen molar-refractivity contribution in [1.82, 2.24) is 9.88 Å². The van der Waals surface area contributed by atoms with E-state index in [9.17, 15) is 13.2 Å². The molecule has 0 amide bonds. The third kappa shape index (κ3) is 3.86. The summed E-state index contributed by atoms with van der Waals surface area (Å²) in [5, 5.41) is 0.912.